The lowest BCUT2D eigenvalue weighted by Crippen LogP contribution is -2.35. The van der Waals surface area contributed by atoms with Crippen molar-refractivity contribution in [1.82, 2.24) is 14.7 Å². The van der Waals surface area contributed by atoms with Gasteiger partial charge in [-0.2, -0.15) is 5.10 Å². The Labute approximate surface area is 112 Å². The van der Waals surface area contributed by atoms with Crippen molar-refractivity contribution in [3.8, 4) is 0 Å². The van der Waals surface area contributed by atoms with Crippen molar-refractivity contribution in [3.63, 3.8) is 0 Å². The standard InChI is InChI=1S/C13H19N3O3/c1-13(2,3)19-12(17)15-5-9-4-14-16(11(9)6-15)10-7-18-8-10/h4,10H,5-8H2,1-3H3. The molecule has 1 saturated heterocycles. The van der Waals surface area contributed by atoms with Crippen molar-refractivity contribution in [2.45, 2.75) is 45.5 Å². The first-order chi connectivity index (χ1) is 8.94. The Balaban J connectivity index is 1.70. The van der Waals surface area contributed by atoms with Crippen LogP contribution < -0.4 is 0 Å². The molecular weight excluding hydrogens is 246 g/mol. The van der Waals surface area contributed by atoms with Gasteiger partial charge in [0.05, 0.1) is 44.2 Å². The molecule has 0 N–H and O–H groups in total. The molecule has 2 aliphatic heterocycles. The number of ether oxygens (including phenoxy) is 2. The molecule has 1 fully saturated rings. The smallest absolute Gasteiger partial charge is 0.410 e. The minimum Gasteiger partial charge on any atom is -0.444 e. The third-order valence-corrected chi connectivity index (χ3v) is 3.31. The molecule has 3 rings (SSSR count). The first-order valence-corrected chi connectivity index (χ1v) is 6.55. The van der Waals surface area contributed by atoms with E-state index >= 15 is 0 Å². The maximum absolute atomic E-state index is 12.0. The average Bonchev–Trinajstić information content (AvgIpc) is 2.74. The van der Waals surface area contributed by atoms with Gasteiger partial charge in [0.15, 0.2) is 0 Å². The number of carbonyl (C=O) groups is 1. The number of hydrogen-bond donors (Lipinski definition) is 0. The van der Waals surface area contributed by atoms with E-state index in [2.05, 4.69) is 5.10 Å². The number of amides is 1. The fourth-order valence-corrected chi connectivity index (χ4v) is 2.31. The Kier molecular flexibility index (Phi) is 2.78. The summed E-state index contributed by atoms with van der Waals surface area (Å²) in [6, 6.07) is 0.322. The predicted octanol–water partition coefficient (Wildman–Crippen LogP) is 1.71. The Morgan fingerprint density at radius 1 is 1.42 bits per heavy atom. The maximum Gasteiger partial charge on any atom is 0.410 e. The third-order valence-electron chi connectivity index (χ3n) is 3.31. The summed E-state index contributed by atoms with van der Waals surface area (Å²) in [5, 5.41) is 4.39. The summed E-state index contributed by atoms with van der Waals surface area (Å²) in [5.74, 6) is 0. The number of carbonyl (C=O) groups excluding carboxylic acids is 1. The van der Waals surface area contributed by atoms with Crippen LogP contribution in [0.15, 0.2) is 6.20 Å². The zero-order valence-corrected chi connectivity index (χ0v) is 11.5. The summed E-state index contributed by atoms with van der Waals surface area (Å²) in [4.78, 5) is 13.8. The van der Waals surface area contributed by atoms with Crippen LogP contribution in [0.5, 0.6) is 0 Å². The van der Waals surface area contributed by atoms with Gasteiger partial charge in [0.2, 0.25) is 0 Å². The van der Waals surface area contributed by atoms with E-state index in [9.17, 15) is 4.79 Å². The Hall–Kier alpha value is -1.56. The van der Waals surface area contributed by atoms with Crippen molar-refractivity contribution >= 4 is 6.09 Å². The Morgan fingerprint density at radius 3 is 2.74 bits per heavy atom. The van der Waals surface area contributed by atoms with E-state index in [4.69, 9.17) is 9.47 Å². The van der Waals surface area contributed by atoms with Gasteiger partial charge in [-0.1, -0.05) is 0 Å². The Morgan fingerprint density at radius 2 is 2.16 bits per heavy atom. The number of aromatic nitrogens is 2. The summed E-state index contributed by atoms with van der Waals surface area (Å²) < 4.78 is 12.6. The molecule has 1 aromatic rings. The van der Waals surface area contributed by atoms with Gasteiger partial charge in [0, 0.05) is 5.56 Å². The van der Waals surface area contributed by atoms with Crippen LogP contribution in [-0.4, -0.2) is 39.6 Å². The van der Waals surface area contributed by atoms with Crippen molar-refractivity contribution < 1.29 is 14.3 Å². The van der Waals surface area contributed by atoms with Gasteiger partial charge in [-0.3, -0.25) is 9.58 Å². The van der Waals surface area contributed by atoms with Crippen molar-refractivity contribution in [3.05, 3.63) is 17.5 Å². The second kappa shape index (κ2) is 4.23. The summed E-state index contributed by atoms with van der Waals surface area (Å²) in [7, 11) is 0. The number of rotatable bonds is 1. The number of fused-ring (bicyclic) bond motifs is 1. The highest BCUT2D eigenvalue weighted by Gasteiger charge is 2.33. The Bertz CT molecular complexity index is 500. The van der Waals surface area contributed by atoms with E-state index in [0.29, 0.717) is 32.3 Å². The molecule has 0 aliphatic carbocycles. The van der Waals surface area contributed by atoms with E-state index in [1.807, 2.05) is 31.6 Å². The molecule has 3 heterocycles. The molecule has 1 aromatic heterocycles. The third kappa shape index (κ3) is 2.32. The summed E-state index contributed by atoms with van der Waals surface area (Å²) in [6.45, 7) is 8.20. The average molecular weight is 265 g/mol. The first kappa shape index (κ1) is 12.5. The zero-order valence-electron chi connectivity index (χ0n) is 11.5. The molecule has 1 amide bonds. The maximum atomic E-state index is 12.0. The lowest BCUT2D eigenvalue weighted by Gasteiger charge is -2.28. The van der Waals surface area contributed by atoms with E-state index in [1.165, 1.54) is 0 Å². The van der Waals surface area contributed by atoms with Gasteiger partial charge in [0.1, 0.15) is 5.60 Å². The summed E-state index contributed by atoms with van der Waals surface area (Å²) in [6.07, 6.45) is 1.58. The molecule has 19 heavy (non-hydrogen) atoms. The number of hydrogen-bond acceptors (Lipinski definition) is 4. The van der Waals surface area contributed by atoms with Crippen LogP contribution in [0.2, 0.25) is 0 Å². The van der Waals surface area contributed by atoms with Crippen molar-refractivity contribution in [2.24, 2.45) is 0 Å². The van der Waals surface area contributed by atoms with Crippen LogP contribution in [0.1, 0.15) is 38.1 Å². The lowest BCUT2D eigenvalue weighted by molar-refractivity contribution is -0.0304. The fourth-order valence-electron chi connectivity index (χ4n) is 2.31. The monoisotopic (exact) mass is 265 g/mol. The first-order valence-electron chi connectivity index (χ1n) is 6.55. The molecular formula is C13H19N3O3. The molecule has 104 valence electrons. The summed E-state index contributed by atoms with van der Waals surface area (Å²) in [5.41, 5.74) is 1.76. The van der Waals surface area contributed by atoms with Crippen LogP contribution in [0.4, 0.5) is 4.79 Å². The molecule has 6 nitrogen and oxygen atoms in total. The van der Waals surface area contributed by atoms with Gasteiger partial charge in [0.25, 0.3) is 0 Å². The second-order valence-electron chi connectivity index (χ2n) is 6.09. The molecule has 0 atom stereocenters. The predicted molar refractivity (Wildman–Crippen MR) is 67.6 cm³/mol. The topological polar surface area (TPSA) is 56.6 Å². The highest BCUT2D eigenvalue weighted by atomic mass is 16.6. The minimum absolute atomic E-state index is 0.264. The molecule has 0 spiro atoms. The van der Waals surface area contributed by atoms with E-state index in [1.54, 1.807) is 4.90 Å². The fraction of sp³-hybridized carbons (Fsp3) is 0.692. The van der Waals surface area contributed by atoms with E-state index in [0.717, 1.165) is 11.3 Å². The molecule has 2 aliphatic rings. The van der Waals surface area contributed by atoms with Crippen LogP contribution in [0, 0.1) is 0 Å². The second-order valence-corrected chi connectivity index (χ2v) is 6.09. The largest absolute Gasteiger partial charge is 0.444 e. The van der Waals surface area contributed by atoms with Gasteiger partial charge >= 0.3 is 6.09 Å². The van der Waals surface area contributed by atoms with Crippen molar-refractivity contribution in [1.29, 1.82) is 0 Å². The van der Waals surface area contributed by atoms with Crippen LogP contribution in [0.3, 0.4) is 0 Å². The molecule has 0 saturated carbocycles. The molecule has 0 aromatic carbocycles. The van der Waals surface area contributed by atoms with Gasteiger partial charge in [-0.15, -0.1) is 0 Å². The SMILES string of the molecule is CC(C)(C)OC(=O)N1Cc2cnn(C3COC3)c2C1. The minimum atomic E-state index is -0.459. The lowest BCUT2D eigenvalue weighted by atomic mass is 10.2. The summed E-state index contributed by atoms with van der Waals surface area (Å²) >= 11 is 0. The highest BCUT2D eigenvalue weighted by Crippen LogP contribution is 2.28. The van der Waals surface area contributed by atoms with Crippen LogP contribution in [0.25, 0.3) is 0 Å². The molecule has 0 radical (unpaired) electrons. The molecule has 0 unspecified atom stereocenters. The van der Waals surface area contributed by atoms with Gasteiger partial charge < -0.3 is 9.47 Å². The van der Waals surface area contributed by atoms with Crippen LogP contribution in [-0.2, 0) is 22.6 Å². The van der Waals surface area contributed by atoms with E-state index in [-0.39, 0.29) is 6.09 Å². The van der Waals surface area contributed by atoms with Gasteiger partial charge in [-0.25, -0.2) is 4.79 Å². The molecule has 6 heteroatoms. The molecule has 0 bridgehead atoms. The quantitative estimate of drug-likeness (QED) is 0.775. The highest BCUT2D eigenvalue weighted by molar-refractivity contribution is 5.69. The number of nitrogens with zero attached hydrogens (tertiary/aromatic N) is 3. The van der Waals surface area contributed by atoms with E-state index < -0.39 is 5.60 Å². The van der Waals surface area contributed by atoms with Crippen molar-refractivity contribution in [2.75, 3.05) is 13.2 Å². The normalized spacial score (nSPS) is 19.2. The van der Waals surface area contributed by atoms with Gasteiger partial charge in [-0.05, 0) is 20.8 Å². The van der Waals surface area contributed by atoms with Crippen LogP contribution >= 0.6 is 0 Å². The zero-order chi connectivity index (χ0) is 13.6.